The molecule has 1 atom stereocenters. The molecule has 162 valence electrons. The molecule has 0 aliphatic heterocycles. The van der Waals surface area contributed by atoms with Gasteiger partial charge in [0.1, 0.15) is 11.8 Å². The van der Waals surface area contributed by atoms with Gasteiger partial charge in [0.05, 0.1) is 0 Å². The van der Waals surface area contributed by atoms with Crippen molar-refractivity contribution in [3.8, 4) is 5.75 Å². The van der Waals surface area contributed by atoms with E-state index in [4.69, 9.17) is 16.3 Å². The molecular formula is C24H31ClN2O3. The smallest absolute Gasteiger partial charge is 0.261 e. The van der Waals surface area contributed by atoms with Crippen molar-refractivity contribution >= 4 is 23.4 Å². The van der Waals surface area contributed by atoms with E-state index in [2.05, 4.69) is 11.4 Å². The lowest BCUT2D eigenvalue weighted by atomic mass is 10.1. The van der Waals surface area contributed by atoms with E-state index < -0.39 is 6.04 Å². The first-order valence-electron chi connectivity index (χ1n) is 10.1. The number of benzene rings is 2. The quantitative estimate of drug-likeness (QED) is 0.666. The van der Waals surface area contributed by atoms with Crippen LogP contribution < -0.4 is 10.1 Å². The minimum atomic E-state index is -0.639. The van der Waals surface area contributed by atoms with Gasteiger partial charge in [-0.2, -0.15) is 0 Å². The van der Waals surface area contributed by atoms with E-state index in [1.165, 1.54) is 0 Å². The SMILES string of the molecule is Cc1cc(C)c(C)c(OCC(=O)N(Cc2ccc(Cl)cc2)C(C)C(=O)NC(C)C)c1. The summed E-state index contributed by atoms with van der Waals surface area (Å²) in [6, 6.07) is 10.6. The molecule has 5 nitrogen and oxygen atoms in total. The van der Waals surface area contributed by atoms with Crippen LogP contribution in [0.15, 0.2) is 36.4 Å². The van der Waals surface area contributed by atoms with E-state index in [0.29, 0.717) is 10.8 Å². The van der Waals surface area contributed by atoms with Crippen LogP contribution in [-0.4, -0.2) is 35.4 Å². The van der Waals surface area contributed by atoms with Crippen molar-refractivity contribution in [1.29, 1.82) is 0 Å². The van der Waals surface area contributed by atoms with Crippen molar-refractivity contribution in [1.82, 2.24) is 10.2 Å². The van der Waals surface area contributed by atoms with Crippen LogP contribution in [-0.2, 0) is 16.1 Å². The average molecular weight is 431 g/mol. The minimum absolute atomic E-state index is 0.0124. The molecule has 0 spiro atoms. The number of rotatable bonds is 8. The number of nitrogens with zero attached hydrogens (tertiary/aromatic N) is 1. The van der Waals surface area contributed by atoms with Crippen LogP contribution in [0.2, 0.25) is 5.02 Å². The van der Waals surface area contributed by atoms with Gasteiger partial charge in [0, 0.05) is 17.6 Å². The Morgan fingerprint density at radius 2 is 1.70 bits per heavy atom. The molecule has 0 aliphatic rings. The fraction of sp³-hybridized carbons (Fsp3) is 0.417. The molecule has 2 aromatic rings. The Morgan fingerprint density at radius 3 is 2.30 bits per heavy atom. The average Bonchev–Trinajstić information content (AvgIpc) is 2.67. The Kier molecular flexibility index (Phi) is 8.30. The Morgan fingerprint density at radius 1 is 1.07 bits per heavy atom. The summed E-state index contributed by atoms with van der Waals surface area (Å²) in [6.07, 6.45) is 0. The third kappa shape index (κ3) is 6.49. The lowest BCUT2D eigenvalue weighted by Crippen LogP contribution is -2.50. The first-order valence-corrected chi connectivity index (χ1v) is 10.5. The number of carbonyl (C=O) groups is 2. The molecule has 1 N–H and O–H groups in total. The number of hydrogen-bond acceptors (Lipinski definition) is 3. The molecule has 0 saturated carbocycles. The lowest BCUT2D eigenvalue weighted by Gasteiger charge is -2.29. The highest BCUT2D eigenvalue weighted by molar-refractivity contribution is 6.30. The van der Waals surface area contributed by atoms with Crippen molar-refractivity contribution in [2.75, 3.05) is 6.61 Å². The maximum absolute atomic E-state index is 13.1. The predicted octanol–water partition coefficient (Wildman–Crippen LogP) is 4.59. The zero-order chi connectivity index (χ0) is 22.4. The van der Waals surface area contributed by atoms with Gasteiger partial charge < -0.3 is 15.0 Å². The third-order valence-electron chi connectivity index (χ3n) is 4.98. The van der Waals surface area contributed by atoms with Crippen LogP contribution in [0.25, 0.3) is 0 Å². The van der Waals surface area contributed by atoms with E-state index in [9.17, 15) is 9.59 Å². The summed E-state index contributed by atoms with van der Waals surface area (Å²) in [4.78, 5) is 27.2. The number of hydrogen-bond donors (Lipinski definition) is 1. The normalized spacial score (nSPS) is 11.9. The number of nitrogens with one attached hydrogen (secondary N) is 1. The number of carbonyl (C=O) groups excluding carboxylic acids is 2. The standard InChI is InChI=1S/C24H31ClN2O3/c1-15(2)26-24(29)19(6)27(13-20-7-9-21(25)10-8-20)23(28)14-30-22-12-16(3)11-17(4)18(22)5/h7-12,15,19H,13-14H2,1-6H3,(H,26,29). The number of aryl methyl sites for hydroxylation is 2. The van der Waals surface area contributed by atoms with E-state index in [1.54, 1.807) is 24.0 Å². The van der Waals surface area contributed by atoms with Crippen LogP contribution in [0, 0.1) is 20.8 Å². The second-order valence-corrected chi connectivity index (χ2v) is 8.42. The van der Waals surface area contributed by atoms with Gasteiger partial charge in [-0.15, -0.1) is 0 Å². The largest absolute Gasteiger partial charge is 0.483 e. The van der Waals surface area contributed by atoms with Crippen molar-refractivity contribution in [2.45, 2.75) is 60.2 Å². The maximum Gasteiger partial charge on any atom is 0.261 e. The van der Waals surface area contributed by atoms with E-state index in [-0.39, 0.29) is 31.0 Å². The molecule has 0 aliphatic carbocycles. The van der Waals surface area contributed by atoms with Crippen LogP contribution >= 0.6 is 11.6 Å². The summed E-state index contributed by atoms with van der Waals surface area (Å²) in [6.45, 7) is 11.6. The van der Waals surface area contributed by atoms with Crippen LogP contribution in [0.1, 0.15) is 43.0 Å². The third-order valence-corrected chi connectivity index (χ3v) is 5.23. The molecule has 1 unspecified atom stereocenters. The van der Waals surface area contributed by atoms with Gasteiger partial charge in [0.2, 0.25) is 5.91 Å². The van der Waals surface area contributed by atoms with Crippen LogP contribution in [0.3, 0.4) is 0 Å². The second kappa shape index (κ2) is 10.5. The highest BCUT2D eigenvalue weighted by atomic mass is 35.5. The Balaban J connectivity index is 2.20. The zero-order valence-corrected chi connectivity index (χ0v) is 19.3. The summed E-state index contributed by atoms with van der Waals surface area (Å²) >= 11 is 5.97. The fourth-order valence-corrected chi connectivity index (χ4v) is 3.27. The van der Waals surface area contributed by atoms with Gasteiger partial charge in [-0.25, -0.2) is 0 Å². The molecule has 6 heteroatoms. The van der Waals surface area contributed by atoms with Crippen molar-refractivity contribution in [3.05, 3.63) is 63.7 Å². The van der Waals surface area contributed by atoms with Crippen molar-refractivity contribution in [2.24, 2.45) is 0 Å². The summed E-state index contributed by atoms with van der Waals surface area (Å²) in [5.41, 5.74) is 4.08. The molecule has 2 aromatic carbocycles. The monoisotopic (exact) mass is 430 g/mol. The first kappa shape index (κ1) is 23.7. The number of amides is 2. The summed E-state index contributed by atoms with van der Waals surface area (Å²) in [5.74, 6) is 0.233. The first-order chi connectivity index (χ1) is 14.1. The topological polar surface area (TPSA) is 58.6 Å². The van der Waals surface area contributed by atoms with E-state index in [0.717, 1.165) is 22.3 Å². The van der Waals surface area contributed by atoms with Gasteiger partial charge in [-0.05, 0) is 82.0 Å². The van der Waals surface area contributed by atoms with Gasteiger partial charge in [-0.3, -0.25) is 9.59 Å². The highest BCUT2D eigenvalue weighted by Crippen LogP contribution is 2.23. The molecule has 0 heterocycles. The Labute approximate surface area is 184 Å². The van der Waals surface area contributed by atoms with Crippen LogP contribution in [0.5, 0.6) is 5.75 Å². The molecule has 0 saturated heterocycles. The highest BCUT2D eigenvalue weighted by Gasteiger charge is 2.27. The van der Waals surface area contributed by atoms with Crippen LogP contribution in [0.4, 0.5) is 0 Å². The minimum Gasteiger partial charge on any atom is -0.483 e. The molecule has 0 aromatic heterocycles. The molecule has 0 radical (unpaired) electrons. The van der Waals surface area contributed by atoms with E-state index in [1.807, 2.05) is 52.8 Å². The zero-order valence-electron chi connectivity index (χ0n) is 18.6. The lowest BCUT2D eigenvalue weighted by molar-refractivity contribution is -0.142. The Bertz CT molecular complexity index is 894. The molecule has 2 amide bonds. The van der Waals surface area contributed by atoms with Crippen molar-refractivity contribution in [3.63, 3.8) is 0 Å². The summed E-state index contributed by atoms with van der Waals surface area (Å²) < 4.78 is 5.87. The fourth-order valence-electron chi connectivity index (χ4n) is 3.15. The molecular weight excluding hydrogens is 400 g/mol. The maximum atomic E-state index is 13.1. The molecule has 0 bridgehead atoms. The van der Waals surface area contributed by atoms with Gasteiger partial charge in [0.25, 0.3) is 5.91 Å². The van der Waals surface area contributed by atoms with Gasteiger partial charge >= 0.3 is 0 Å². The van der Waals surface area contributed by atoms with Crippen molar-refractivity contribution < 1.29 is 14.3 Å². The second-order valence-electron chi connectivity index (χ2n) is 7.98. The molecule has 30 heavy (non-hydrogen) atoms. The number of ether oxygens (including phenoxy) is 1. The molecule has 0 fully saturated rings. The summed E-state index contributed by atoms with van der Waals surface area (Å²) in [7, 11) is 0. The van der Waals surface area contributed by atoms with E-state index >= 15 is 0 Å². The predicted molar refractivity (Wildman–Crippen MR) is 121 cm³/mol. The molecule has 2 rings (SSSR count). The van der Waals surface area contributed by atoms with Gasteiger partial charge in [0.15, 0.2) is 6.61 Å². The summed E-state index contributed by atoms with van der Waals surface area (Å²) in [5, 5.41) is 3.50. The Hall–Kier alpha value is -2.53. The number of halogens is 1. The van der Waals surface area contributed by atoms with Gasteiger partial charge in [-0.1, -0.05) is 29.8 Å².